The Hall–Kier alpha value is -2.86. The topological polar surface area (TPSA) is 59.1 Å². The van der Waals surface area contributed by atoms with E-state index in [0.717, 1.165) is 50.5 Å². The summed E-state index contributed by atoms with van der Waals surface area (Å²) in [6.45, 7) is 3.28. The highest BCUT2D eigenvalue weighted by atomic mass is 16.5. The monoisotopic (exact) mass is 422 g/mol. The van der Waals surface area contributed by atoms with Crippen molar-refractivity contribution in [3.05, 3.63) is 54.1 Å². The van der Waals surface area contributed by atoms with Gasteiger partial charge < -0.3 is 14.4 Å². The van der Waals surface area contributed by atoms with Crippen LogP contribution in [0.5, 0.6) is 11.5 Å². The summed E-state index contributed by atoms with van der Waals surface area (Å²) in [5, 5.41) is 0. The lowest BCUT2D eigenvalue weighted by Crippen LogP contribution is -2.55. The van der Waals surface area contributed by atoms with Gasteiger partial charge in [-0.25, -0.2) is 0 Å². The first-order valence-corrected chi connectivity index (χ1v) is 11.0. The summed E-state index contributed by atoms with van der Waals surface area (Å²) < 4.78 is 10.7. The van der Waals surface area contributed by atoms with Crippen LogP contribution in [0.15, 0.2) is 48.5 Å². The Morgan fingerprint density at radius 1 is 0.903 bits per heavy atom. The minimum absolute atomic E-state index is 0.0648. The number of ketones is 2. The van der Waals surface area contributed by atoms with E-state index in [1.165, 1.54) is 0 Å². The third-order valence-corrected chi connectivity index (χ3v) is 6.51. The van der Waals surface area contributed by atoms with Crippen LogP contribution in [-0.4, -0.2) is 62.9 Å². The van der Waals surface area contributed by atoms with E-state index in [4.69, 9.17) is 9.47 Å². The molecule has 1 aliphatic heterocycles. The van der Waals surface area contributed by atoms with Crippen LogP contribution in [0.1, 0.15) is 29.6 Å². The summed E-state index contributed by atoms with van der Waals surface area (Å²) in [7, 11) is 3.29. The van der Waals surface area contributed by atoms with Gasteiger partial charge in [-0.2, -0.15) is 0 Å². The Morgan fingerprint density at radius 3 is 2.29 bits per heavy atom. The first-order valence-electron chi connectivity index (χ1n) is 11.0. The molecule has 2 aromatic carbocycles. The van der Waals surface area contributed by atoms with Gasteiger partial charge in [-0.1, -0.05) is 18.6 Å². The zero-order chi connectivity index (χ0) is 21.8. The molecule has 164 valence electrons. The van der Waals surface area contributed by atoms with Gasteiger partial charge in [0.1, 0.15) is 11.5 Å². The number of anilines is 1. The van der Waals surface area contributed by atoms with Gasteiger partial charge in [0.05, 0.1) is 31.9 Å². The van der Waals surface area contributed by atoms with Crippen molar-refractivity contribution < 1.29 is 19.1 Å². The van der Waals surface area contributed by atoms with Gasteiger partial charge in [-0.15, -0.1) is 0 Å². The van der Waals surface area contributed by atoms with Crippen molar-refractivity contribution >= 4 is 17.3 Å². The molecule has 0 spiro atoms. The molecular formula is C25H30N2O4. The average Bonchev–Trinajstić information content (AvgIpc) is 2.84. The molecule has 0 aromatic heterocycles. The van der Waals surface area contributed by atoms with E-state index in [9.17, 15) is 9.59 Å². The largest absolute Gasteiger partial charge is 0.497 e. The van der Waals surface area contributed by atoms with Crippen LogP contribution in [0.25, 0.3) is 0 Å². The van der Waals surface area contributed by atoms with E-state index >= 15 is 0 Å². The number of hydrogen-bond donors (Lipinski definition) is 0. The van der Waals surface area contributed by atoms with Gasteiger partial charge in [0, 0.05) is 31.7 Å². The normalized spacial score (nSPS) is 22.3. The van der Waals surface area contributed by atoms with Crippen molar-refractivity contribution in [2.24, 2.45) is 5.92 Å². The molecule has 0 bridgehead atoms. The number of Topliss-reactive ketones (excluding diaryl/α,β-unsaturated/α-hetero) is 2. The Bertz CT molecular complexity index is 919. The van der Waals surface area contributed by atoms with E-state index in [-0.39, 0.29) is 17.6 Å². The van der Waals surface area contributed by atoms with Crippen molar-refractivity contribution in [2.45, 2.75) is 25.3 Å². The molecule has 0 amide bonds. The molecule has 6 heteroatoms. The van der Waals surface area contributed by atoms with Crippen LogP contribution < -0.4 is 14.4 Å². The zero-order valence-electron chi connectivity index (χ0n) is 18.3. The Kier molecular flexibility index (Phi) is 6.56. The summed E-state index contributed by atoms with van der Waals surface area (Å²) in [6, 6.07) is 14.9. The molecule has 0 N–H and O–H groups in total. The van der Waals surface area contributed by atoms with E-state index in [0.29, 0.717) is 17.7 Å². The smallest absolute Gasteiger partial charge is 0.173 e. The second kappa shape index (κ2) is 9.52. The van der Waals surface area contributed by atoms with Gasteiger partial charge in [0.15, 0.2) is 11.6 Å². The lowest BCUT2D eigenvalue weighted by molar-refractivity contribution is -0.129. The number of piperazine rings is 1. The van der Waals surface area contributed by atoms with Crippen molar-refractivity contribution in [1.29, 1.82) is 0 Å². The minimum Gasteiger partial charge on any atom is -0.497 e. The third-order valence-electron chi connectivity index (χ3n) is 6.51. The van der Waals surface area contributed by atoms with E-state index in [1.807, 2.05) is 18.2 Å². The molecule has 2 fully saturated rings. The first kappa shape index (κ1) is 21.4. The predicted octanol–water partition coefficient (Wildman–Crippen LogP) is 3.45. The Morgan fingerprint density at radius 2 is 1.61 bits per heavy atom. The van der Waals surface area contributed by atoms with Crippen molar-refractivity contribution in [3.8, 4) is 11.5 Å². The molecule has 6 nitrogen and oxygen atoms in total. The highest BCUT2D eigenvalue weighted by Crippen LogP contribution is 2.31. The number of carbonyl (C=O) groups is 2. The Labute approximate surface area is 183 Å². The summed E-state index contributed by atoms with van der Waals surface area (Å²) in [6.07, 6.45) is 2.37. The van der Waals surface area contributed by atoms with Crippen molar-refractivity contribution in [3.63, 3.8) is 0 Å². The van der Waals surface area contributed by atoms with Crippen molar-refractivity contribution in [1.82, 2.24) is 4.90 Å². The molecular weight excluding hydrogens is 392 g/mol. The van der Waals surface area contributed by atoms with Crippen LogP contribution in [0, 0.1) is 5.92 Å². The molecule has 4 rings (SSSR count). The second-order valence-corrected chi connectivity index (χ2v) is 8.19. The fourth-order valence-electron chi connectivity index (χ4n) is 4.78. The van der Waals surface area contributed by atoms with Crippen LogP contribution >= 0.6 is 0 Å². The van der Waals surface area contributed by atoms with Crippen LogP contribution in [-0.2, 0) is 4.79 Å². The molecule has 1 saturated carbocycles. The number of nitrogens with zero attached hydrogens (tertiary/aromatic N) is 2. The summed E-state index contributed by atoms with van der Waals surface area (Å²) in [5.74, 6) is 1.05. The standard InChI is InChI=1S/C25H30N2O4/c1-30-19-12-10-18(11-13-19)24(28)20-6-5-8-22(25(20)29)27-16-14-26(15-17-27)21-7-3-4-9-23(21)31-2/h3-4,7,9-13,20,22H,5-6,8,14-17H2,1-2H3. The van der Waals surface area contributed by atoms with Gasteiger partial charge in [0.2, 0.25) is 0 Å². The quantitative estimate of drug-likeness (QED) is 0.525. The number of carbonyl (C=O) groups excluding carboxylic acids is 2. The number of ether oxygens (including phenoxy) is 2. The van der Waals surface area contributed by atoms with Crippen LogP contribution in [0.2, 0.25) is 0 Å². The van der Waals surface area contributed by atoms with Crippen LogP contribution in [0.3, 0.4) is 0 Å². The summed E-state index contributed by atoms with van der Waals surface area (Å²) in [4.78, 5) is 30.9. The SMILES string of the molecule is COc1ccc(C(=O)C2CCCC(N3CCN(c4ccccc4OC)CC3)C2=O)cc1. The fraction of sp³-hybridized carbons (Fsp3) is 0.440. The van der Waals surface area contributed by atoms with E-state index in [1.54, 1.807) is 38.5 Å². The molecule has 0 radical (unpaired) electrons. The molecule has 2 atom stereocenters. The minimum atomic E-state index is -0.542. The maximum Gasteiger partial charge on any atom is 0.173 e. The number of para-hydroxylation sites is 2. The molecule has 1 saturated heterocycles. The van der Waals surface area contributed by atoms with Crippen molar-refractivity contribution in [2.75, 3.05) is 45.3 Å². The van der Waals surface area contributed by atoms with E-state index < -0.39 is 5.92 Å². The molecule has 2 unspecified atom stereocenters. The molecule has 1 aliphatic carbocycles. The lowest BCUT2D eigenvalue weighted by Gasteiger charge is -2.42. The zero-order valence-corrected chi connectivity index (χ0v) is 18.3. The van der Waals surface area contributed by atoms with Crippen LogP contribution in [0.4, 0.5) is 5.69 Å². The number of hydrogen-bond acceptors (Lipinski definition) is 6. The third kappa shape index (κ3) is 4.44. The lowest BCUT2D eigenvalue weighted by atomic mass is 9.79. The molecule has 2 aliphatic rings. The van der Waals surface area contributed by atoms with Gasteiger partial charge in [-0.05, 0) is 49.2 Å². The Balaban J connectivity index is 1.41. The average molecular weight is 423 g/mol. The first-order chi connectivity index (χ1) is 15.1. The maximum atomic E-state index is 13.3. The highest BCUT2D eigenvalue weighted by molar-refractivity contribution is 6.12. The summed E-state index contributed by atoms with van der Waals surface area (Å²) >= 11 is 0. The second-order valence-electron chi connectivity index (χ2n) is 8.19. The predicted molar refractivity (Wildman–Crippen MR) is 120 cm³/mol. The fourth-order valence-corrected chi connectivity index (χ4v) is 4.78. The van der Waals surface area contributed by atoms with Gasteiger partial charge >= 0.3 is 0 Å². The van der Waals surface area contributed by atoms with Gasteiger partial charge in [-0.3, -0.25) is 14.5 Å². The molecule has 2 aromatic rings. The van der Waals surface area contributed by atoms with Gasteiger partial charge in [0.25, 0.3) is 0 Å². The van der Waals surface area contributed by atoms with E-state index in [2.05, 4.69) is 15.9 Å². The maximum absolute atomic E-state index is 13.3. The number of rotatable bonds is 6. The summed E-state index contributed by atoms with van der Waals surface area (Å²) in [5.41, 5.74) is 1.67. The molecule has 1 heterocycles. The number of methoxy groups -OCH3 is 2. The molecule has 31 heavy (non-hydrogen) atoms. The number of benzene rings is 2. The highest BCUT2D eigenvalue weighted by Gasteiger charge is 2.39.